The number of hydrogen-bond donors (Lipinski definition) is 1. The van der Waals surface area contributed by atoms with Crippen LogP contribution in [-0.2, 0) is 4.74 Å². The lowest BCUT2D eigenvalue weighted by Crippen LogP contribution is -2.46. The topological polar surface area (TPSA) is 74.8 Å². The van der Waals surface area contributed by atoms with Gasteiger partial charge < -0.3 is 14.5 Å². The Labute approximate surface area is 147 Å². The third-order valence-electron chi connectivity index (χ3n) is 3.69. The van der Waals surface area contributed by atoms with Gasteiger partial charge in [0, 0.05) is 38.3 Å². The summed E-state index contributed by atoms with van der Waals surface area (Å²) in [5, 5.41) is 5.24. The Morgan fingerprint density at radius 1 is 1.50 bits per heavy atom. The van der Waals surface area contributed by atoms with Gasteiger partial charge in [0.2, 0.25) is 0 Å². The number of carbonyl (C=O) groups is 2. The minimum absolute atomic E-state index is 0.130. The van der Waals surface area contributed by atoms with Gasteiger partial charge in [0.25, 0.3) is 0 Å². The molecule has 134 valence electrons. The Morgan fingerprint density at radius 2 is 2.25 bits per heavy atom. The van der Waals surface area contributed by atoms with Gasteiger partial charge in [-0.15, -0.1) is 11.3 Å². The van der Waals surface area contributed by atoms with Gasteiger partial charge in [0.1, 0.15) is 5.60 Å². The molecule has 0 aliphatic carbocycles. The number of anilines is 1. The number of nitrogens with zero attached hydrogens (tertiary/aromatic N) is 3. The van der Waals surface area contributed by atoms with E-state index >= 15 is 0 Å². The largest absolute Gasteiger partial charge is 0.444 e. The molecule has 1 aromatic heterocycles. The van der Waals surface area contributed by atoms with E-state index in [0.717, 1.165) is 19.4 Å². The Hall–Kier alpha value is -1.83. The van der Waals surface area contributed by atoms with E-state index in [1.54, 1.807) is 23.0 Å². The summed E-state index contributed by atoms with van der Waals surface area (Å²) in [5.41, 5.74) is -0.502. The average Bonchev–Trinajstić information content (AvgIpc) is 2.98. The zero-order chi connectivity index (χ0) is 17.7. The molecule has 0 radical (unpaired) electrons. The number of nitrogens with one attached hydrogen (secondary N) is 1. The molecule has 1 aliphatic heterocycles. The summed E-state index contributed by atoms with van der Waals surface area (Å²) in [6.07, 6.45) is 3.26. The number of hydrogen-bond acceptors (Lipinski definition) is 5. The van der Waals surface area contributed by atoms with E-state index in [2.05, 4.69) is 10.3 Å². The van der Waals surface area contributed by atoms with Crippen molar-refractivity contribution >= 4 is 28.6 Å². The van der Waals surface area contributed by atoms with Crippen LogP contribution < -0.4 is 5.32 Å². The van der Waals surface area contributed by atoms with Crippen LogP contribution in [0, 0.1) is 5.92 Å². The highest BCUT2D eigenvalue weighted by Gasteiger charge is 2.27. The van der Waals surface area contributed by atoms with Gasteiger partial charge in [-0.05, 0) is 39.5 Å². The maximum atomic E-state index is 12.3. The molecule has 1 N–H and O–H groups in total. The minimum Gasteiger partial charge on any atom is -0.444 e. The molecule has 0 aromatic carbocycles. The van der Waals surface area contributed by atoms with Crippen molar-refractivity contribution in [3.05, 3.63) is 11.6 Å². The van der Waals surface area contributed by atoms with Crippen molar-refractivity contribution in [2.24, 2.45) is 5.92 Å². The second-order valence-electron chi connectivity index (χ2n) is 7.08. The molecule has 1 atom stereocenters. The van der Waals surface area contributed by atoms with E-state index in [-0.39, 0.29) is 18.0 Å². The van der Waals surface area contributed by atoms with Gasteiger partial charge in [0.05, 0.1) is 0 Å². The molecular weight excluding hydrogens is 328 g/mol. The van der Waals surface area contributed by atoms with E-state index < -0.39 is 5.60 Å². The molecule has 7 nitrogen and oxygen atoms in total. The average molecular weight is 354 g/mol. The predicted molar refractivity (Wildman–Crippen MR) is 94.3 cm³/mol. The Kier molecular flexibility index (Phi) is 6.04. The van der Waals surface area contributed by atoms with E-state index in [1.165, 1.54) is 11.3 Å². The predicted octanol–water partition coefficient (Wildman–Crippen LogP) is 3.25. The summed E-state index contributed by atoms with van der Waals surface area (Å²) >= 11 is 1.40. The fourth-order valence-corrected chi connectivity index (χ4v) is 3.17. The normalized spacial score (nSPS) is 18.2. The standard InChI is InChI=1S/C16H26N4O3S/c1-16(2,3)23-15(22)19(4)10-12-6-5-8-20(11-12)14(21)18-13-17-7-9-24-13/h7,9,12H,5-6,8,10-11H2,1-4H3,(H,17,18,21). The molecule has 24 heavy (non-hydrogen) atoms. The van der Waals surface area contributed by atoms with Crippen LogP contribution in [0.1, 0.15) is 33.6 Å². The van der Waals surface area contributed by atoms with Crippen molar-refractivity contribution in [3.8, 4) is 0 Å². The molecule has 1 unspecified atom stereocenters. The number of thiazole rings is 1. The van der Waals surface area contributed by atoms with Crippen molar-refractivity contribution in [1.29, 1.82) is 0 Å². The molecule has 0 bridgehead atoms. The van der Waals surface area contributed by atoms with E-state index in [1.807, 2.05) is 26.2 Å². The van der Waals surface area contributed by atoms with Gasteiger partial charge in [-0.1, -0.05) is 0 Å². The molecular formula is C16H26N4O3S. The third-order valence-corrected chi connectivity index (χ3v) is 4.38. The number of aromatic nitrogens is 1. The SMILES string of the molecule is CN(CC1CCCN(C(=O)Nc2nccs2)C1)C(=O)OC(C)(C)C. The Morgan fingerprint density at radius 3 is 2.88 bits per heavy atom. The lowest BCUT2D eigenvalue weighted by Gasteiger charge is -2.34. The first-order valence-corrected chi connectivity index (χ1v) is 9.02. The van der Waals surface area contributed by atoms with Crippen LogP contribution in [0.3, 0.4) is 0 Å². The molecule has 2 rings (SSSR count). The minimum atomic E-state index is -0.502. The van der Waals surface area contributed by atoms with Gasteiger partial charge in [-0.3, -0.25) is 5.32 Å². The second-order valence-corrected chi connectivity index (χ2v) is 7.98. The van der Waals surface area contributed by atoms with Gasteiger partial charge in [0.15, 0.2) is 5.13 Å². The van der Waals surface area contributed by atoms with Crippen molar-refractivity contribution in [2.45, 2.75) is 39.2 Å². The van der Waals surface area contributed by atoms with Crippen LogP contribution >= 0.6 is 11.3 Å². The third kappa shape index (κ3) is 5.67. The first-order valence-electron chi connectivity index (χ1n) is 8.14. The lowest BCUT2D eigenvalue weighted by atomic mass is 9.98. The number of piperidine rings is 1. The fourth-order valence-electron chi connectivity index (χ4n) is 2.66. The fraction of sp³-hybridized carbons (Fsp3) is 0.688. The summed E-state index contributed by atoms with van der Waals surface area (Å²) in [5.74, 6) is 0.248. The van der Waals surface area contributed by atoms with E-state index in [9.17, 15) is 9.59 Å². The number of carbonyl (C=O) groups excluding carboxylic acids is 2. The van der Waals surface area contributed by atoms with Crippen LogP contribution in [0.25, 0.3) is 0 Å². The number of urea groups is 1. The lowest BCUT2D eigenvalue weighted by molar-refractivity contribution is 0.0253. The van der Waals surface area contributed by atoms with Crippen LogP contribution in [0.4, 0.5) is 14.7 Å². The molecule has 2 heterocycles. The van der Waals surface area contributed by atoms with Crippen LogP contribution in [0.5, 0.6) is 0 Å². The summed E-state index contributed by atoms with van der Waals surface area (Å²) in [6.45, 7) is 7.49. The maximum Gasteiger partial charge on any atom is 0.410 e. The number of amides is 3. The summed E-state index contributed by atoms with van der Waals surface area (Å²) in [4.78, 5) is 31.8. The monoisotopic (exact) mass is 354 g/mol. The number of likely N-dealkylation sites (tertiary alicyclic amines) is 1. The zero-order valence-corrected chi connectivity index (χ0v) is 15.6. The van der Waals surface area contributed by atoms with E-state index in [4.69, 9.17) is 4.74 Å². The van der Waals surface area contributed by atoms with Crippen molar-refractivity contribution in [1.82, 2.24) is 14.8 Å². The number of ether oxygens (including phenoxy) is 1. The highest BCUT2D eigenvalue weighted by Crippen LogP contribution is 2.20. The smallest absolute Gasteiger partial charge is 0.410 e. The second kappa shape index (κ2) is 7.83. The summed E-state index contributed by atoms with van der Waals surface area (Å²) in [6, 6.07) is -0.130. The van der Waals surface area contributed by atoms with Crippen LogP contribution in [0.2, 0.25) is 0 Å². The van der Waals surface area contributed by atoms with E-state index in [0.29, 0.717) is 18.2 Å². The quantitative estimate of drug-likeness (QED) is 0.904. The first kappa shape index (κ1) is 18.5. The van der Waals surface area contributed by atoms with Gasteiger partial charge in [-0.2, -0.15) is 0 Å². The molecule has 8 heteroatoms. The highest BCUT2D eigenvalue weighted by atomic mass is 32.1. The van der Waals surface area contributed by atoms with Crippen LogP contribution in [-0.4, -0.2) is 59.2 Å². The maximum absolute atomic E-state index is 12.3. The van der Waals surface area contributed by atoms with Crippen molar-refractivity contribution in [2.75, 3.05) is 32.0 Å². The Bertz CT molecular complexity index is 556. The number of rotatable bonds is 3. The molecule has 1 aliphatic rings. The van der Waals surface area contributed by atoms with Crippen molar-refractivity contribution in [3.63, 3.8) is 0 Å². The molecule has 1 aromatic rings. The molecule has 0 spiro atoms. The van der Waals surface area contributed by atoms with Crippen molar-refractivity contribution < 1.29 is 14.3 Å². The molecule has 1 fully saturated rings. The molecule has 0 saturated carbocycles. The van der Waals surface area contributed by atoms with Crippen LogP contribution in [0.15, 0.2) is 11.6 Å². The molecule has 1 saturated heterocycles. The summed E-state index contributed by atoms with van der Waals surface area (Å²) in [7, 11) is 1.74. The Balaban J connectivity index is 1.84. The highest BCUT2D eigenvalue weighted by molar-refractivity contribution is 7.13. The van der Waals surface area contributed by atoms with Gasteiger partial charge in [-0.25, -0.2) is 14.6 Å². The molecule has 3 amide bonds. The summed E-state index contributed by atoms with van der Waals surface area (Å²) < 4.78 is 5.37. The zero-order valence-electron chi connectivity index (χ0n) is 14.7. The van der Waals surface area contributed by atoms with Gasteiger partial charge >= 0.3 is 12.1 Å². The first-order chi connectivity index (χ1) is 11.2.